The average Bonchev–Trinajstić information content (AvgIpc) is 2.20. The van der Waals surface area contributed by atoms with E-state index < -0.39 is 24.5 Å². The Balaban J connectivity index is 4.27. The third-order valence-corrected chi connectivity index (χ3v) is 2.29. The predicted octanol–water partition coefficient (Wildman–Crippen LogP) is 1.03. The van der Waals surface area contributed by atoms with Crippen molar-refractivity contribution in [3.05, 3.63) is 0 Å². The Kier molecular flexibility index (Phi) is 6.35. The lowest BCUT2D eigenvalue weighted by atomic mass is 10.1. The van der Waals surface area contributed by atoms with Gasteiger partial charge < -0.3 is 0 Å². The van der Waals surface area contributed by atoms with Crippen molar-refractivity contribution in [1.29, 1.82) is 0 Å². The summed E-state index contributed by atoms with van der Waals surface area (Å²) < 4.78 is 36.0. The topological polar surface area (TPSA) is 58.4 Å². The van der Waals surface area contributed by atoms with Gasteiger partial charge in [-0.25, -0.2) is 5.84 Å². The van der Waals surface area contributed by atoms with Crippen LogP contribution in [0.15, 0.2) is 0 Å². The third-order valence-electron chi connectivity index (χ3n) is 2.29. The Bertz CT molecular complexity index is 221. The van der Waals surface area contributed by atoms with E-state index in [1.807, 2.05) is 12.3 Å². The van der Waals surface area contributed by atoms with Crippen molar-refractivity contribution in [2.45, 2.75) is 38.4 Å². The van der Waals surface area contributed by atoms with Crippen LogP contribution in [0.1, 0.15) is 26.2 Å². The van der Waals surface area contributed by atoms with Gasteiger partial charge in [-0.2, -0.15) is 13.2 Å². The van der Waals surface area contributed by atoms with E-state index in [2.05, 4.69) is 0 Å². The molecule has 7 heteroatoms. The highest BCUT2D eigenvalue weighted by Gasteiger charge is 2.29. The third kappa shape index (κ3) is 5.92. The van der Waals surface area contributed by atoms with Gasteiger partial charge >= 0.3 is 6.18 Å². The van der Waals surface area contributed by atoms with Crippen molar-refractivity contribution in [3.8, 4) is 0 Å². The highest BCUT2D eigenvalue weighted by atomic mass is 19.4. The van der Waals surface area contributed by atoms with E-state index >= 15 is 0 Å². The van der Waals surface area contributed by atoms with Gasteiger partial charge in [-0.05, 0) is 13.5 Å². The molecule has 1 atom stereocenters. The minimum atomic E-state index is -4.20. The van der Waals surface area contributed by atoms with Crippen LogP contribution >= 0.6 is 0 Å². The SMILES string of the molecule is CCCC(C(=O)NN)N(C)CCC(F)(F)F. The van der Waals surface area contributed by atoms with Gasteiger partial charge in [0.15, 0.2) is 0 Å². The van der Waals surface area contributed by atoms with E-state index in [1.54, 1.807) is 0 Å². The molecule has 0 aromatic rings. The Labute approximate surface area is 92.9 Å². The second kappa shape index (κ2) is 6.70. The van der Waals surface area contributed by atoms with Gasteiger partial charge in [-0.3, -0.25) is 15.1 Å². The Morgan fingerprint density at radius 1 is 1.50 bits per heavy atom. The Morgan fingerprint density at radius 2 is 2.06 bits per heavy atom. The zero-order valence-electron chi connectivity index (χ0n) is 9.47. The van der Waals surface area contributed by atoms with Crippen LogP contribution in [-0.2, 0) is 4.79 Å². The number of likely N-dealkylation sites (N-methyl/N-ethyl adjacent to an activating group) is 1. The largest absolute Gasteiger partial charge is 0.390 e. The van der Waals surface area contributed by atoms with E-state index in [9.17, 15) is 18.0 Å². The highest BCUT2D eigenvalue weighted by Crippen LogP contribution is 2.20. The number of rotatable bonds is 6. The van der Waals surface area contributed by atoms with Crippen LogP contribution in [-0.4, -0.2) is 36.6 Å². The summed E-state index contributed by atoms with van der Waals surface area (Å²) in [5.41, 5.74) is 1.97. The summed E-state index contributed by atoms with van der Waals surface area (Å²) in [6.45, 7) is 1.65. The minimum absolute atomic E-state index is 0.207. The molecular weight excluding hydrogens is 223 g/mol. The van der Waals surface area contributed by atoms with Crippen molar-refractivity contribution < 1.29 is 18.0 Å². The molecule has 0 spiro atoms. The molecule has 0 saturated carbocycles. The molecule has 16 heavy (non-hydrogen) atoms. The highest BCUT2D eigenvalue weighted by molar-refractivity contribution is 5.81. The molecular formula is C9H18F3N3O. The van der Waals surface area contributed by atoms with Gasteiger partial charge in [0.2, 0.25) is 0 Å². The number of nitrogens with two attached hydrogens (primary N) is 1. The number of hydrogen-bond acceptors (Lipinski definition) is 3. The minimum Gasteiger partial charge on any atom is -0.295 e. The van der Waals surface area contributed by atoms with Crippen LogP contribution in [0.4, 0.5) is 13.2 Å². The molecule has 1 amide bonds. The monoisotopic (exact) mass is 241 g/mol. The first-order valence-corrected chi connectivity index (χ1v) is 5.09. The van der Waals surface area contributed by atoms with Crippen LogP contribution in [0.2, 0.25) is 0 Å². The van der Waals surface area contributed by atoms with Gasteiger partial charge in [0, 0.05) is 6.54 Å². The second-order valence-electron chi connectivity index (χ2n) is 3.66. The van der Waals surface area contributed by atoms with Gasteiger partial charge in [0.25, 0.3) is 5.91 Å². The van der Waals surface area contributed by atoms with Crippen LogP contribution in [0.3, 0.4) is 0 Å². The molecule has 0 aliphatic heterocycles. The summed E-state index contributed by atoms with van der Waals surface area (Å²) in [6.07, 6.45) is -3.95. The number of halogens is 3. The number of amides is 1. The van der Waals surface area contributed by atoms with E-state index in [0.29, 0.717) is 12.8 Å². The van der Waals surface area contributed by atoms with E-state index in [-0.39, 0.29) is 6.54 Å². The fourth-order valence-corrected chi connectivity index (χ4v) is 1.38. The molecule has 0 aromatic heterocycles. The second-order valence-corrected chi connectivity index (χ2v) is 3.66. The van der Waals surface area contributed by atoms with E-state index in [0.717, 1.165) is 0 Å². The maximum atomic E-state index is 12.0. The predicted molar refractivity (Wildman–Crippen MR) is 54.3 cm³/mol. The lowest BCUT2D eigenvalue weighted by Gasteiger charge is -2.26. The molecule has 0 fully saturated rings. The molecule has 0 heterocycles. The summed E-state index contributed by atoms with van der Waals surface area (Å²) in [7, 11) is 1.49. The molecule has 3 N–H and O–H groups in total. The fraction of sp³-hybridized carbons (Fsp3) is 0.889. The summed E-state index contributed by atoms with van der Waals surface area (Å²) in [5.74, 6) is 4.52. The quantitative estimate of drug-likeness (QED) is 0.415. The molecule has 0 radical (unpaired) electrons. The molecule has 4 nitrogen and oxygen atoms in total. The molecule has 1 unspecified atom stereocenters. The van der Waals surface area contributed by atoms with E-state index in [1.165, 1.54) is 11.9 Å². The van der Waals surface area contributed by atoms with Gasteiger partial charge in [-0.15, -0.1) is 0 Å². The zero-order chi connectivity index (χ0) is 12.8. The van der Waals surface area contributed by atoms with E-state index in [4.69, 9.17) is 5.84 Å². The van der Waals surface area contributed by atoms with Gasteiger partial charge in [0.1, 0.15) is 0 Å². The first-order valence-electron chi connectivity index (χ1n) is 5.09. The van der Waals surface area contributed by atoms with Crippen molar-refractivity contribution in [2.75, 3.05) is 13.6 Å². The van der Waals surface area contributed by atoms with Crippen molar-refractivity contribution in [1.82, 2.24) is 10.3 Å². The van der Waals surface area contributed by atoms with Crippen molar-refractivity contribution in [3.63, 3.8) is 0 Å². The molecule has 0 aliphatic carbocycles. The molecule has 0 aromatic carbocycles. The molecule has 0 aliphatic rings. The number of hydrazine groups is 1. The first kappa shape index (κ1) is 15.2. The lowest BCUT2D eigenvalue weighted by Crippen LogP contribution is -2.48. The molecule has 96 valence electrons. The van der Waals surface area contributed by atoms with Crippen LogP contribution in [0.5, 0.6) is 0 Å². The summed E-state index contributed by atoms with van der Waals surface area (Å²) in [4.78, 5) is 12.7. The Hall–Kier alpha value is -0.820. The standard InChI is InChI=1S/C9H18F3N3O/c1-3-4-7(8(16)14-13)15(2)6-5-9(10,11)12/h7H,3-6,13H2,1-2H3,(H,14,16). The lowest BCUT2D eigenvalue weighted by molar-refractivity contribution is -0.141. The van der Waals surface area contributed by atoms with Crippen molar-refractivity contribution >= 4 is 5.91 Å². The number of nitrogens with zero attached hydrogens (tertiary/aromatic N) is 1. The zero-order valence-corrected chi connectivity index (χ0v) is 9.47. The summed E-state index contributed by atoms with van der Waals surface area (Å²) >= 11 is 0. The van der Waals surface area contributed by atoms with Crippen molar-refractivity contribution in [2.24, 2.45) is 5.84 Å². The summed E-state index contributed by atoms with van der Waals surface area (Å²) in [5, 5.41) is 0. The maximum Gasteiger partial charge on any atom is 0.390 e. The van der Waals surface area contributed by atoms with Crippen LogP contribution in [0.25, 0.3) is 0 Å². The first-order chi connectivity index (χ1) is 7.31. The smallest absolute Gasteiger partial charge is 0.295 e. The van der Waals surface area contributed by atoms with Crippen LogP contribution in [0, 0.1) is 0 Å². The Morgan fingerprint density at radius 3 is 2.44 bits per heavy atom. The molecule has 0 rings (SSSR count). The number of carbonyl (C=O) groups excluding carboxylic acids is 1. The van der Waals surface area contributed by atoms with Gasteiger partial charge in [-0.1, -0.05) is 13.3 Å². The number of carbonyl (C=O) groups is 1. The normalized spacial score (nSPS) is 13.9. The fourth-order valence-electron chi connectivity index (χ4n) is 1.38. The number of nitrogens with one attached hydrogen (secondary N) is 1. The molecule has 0 bridgehead atoms. The van der Waals surface area contributed by atoms with Crippen LogP contribution < -0.4 is 11.3 Å². The van der Waals surface area contributed by atoms with Gasteiger partial charge in [0.05, 0.1) is 12.5 Å². The average molecular weight is 241 g/mol. The maximum absolute atomic E-state index is 12.0. The number of hydrogen-bond donors (Lipinski definition) is 2. The summed E-state index contributed by atoms with van der Waals surface area (Å²) in [6, 6.07) is -0.600. The number of alkyl halides is 3. The molecule has 0 saturated heterocycles.